The van der Waals surface area contributed by atoms with Crippen LogP contribution in [0.15, 0.2) is 36.4 Å². The van der Waals surface area contributed by atoms with Crippen LogP contribution in [0.4, 0.5) is 16.4 Å². The van der Waals surface area contributed by atoms with Crippen molar-refractivity contribution >= 4 is 23.6 Å². The van der Waals surface area contributed by atoms with Gasteiger partial charge < -0.3 is 30.1 Å². The van der Waals surface area contributed by atoms with Gasteiger partial charge in [0.05, 0.1) is 47.7 Å². The summed E-state index contributed by atoms with van der Waals surface area (Å²) < 4.78 is 11.6. The summed E-state index contributed by atoms with van der Waals surface area (Å²) in [4.78, 5) is 36.5. The van der Waals surface area contributed by atoms with Gasteiger partial charge in [-0.15, -0.1) is 0 Å². The van der Waals surface area contributed by atoms with Crippen molar-refractivity contribution in [1.82, 2.24) is 20.2 Å². The zero-order valence-electron chi connectivity index (χ0n) is 24.7. The molecule has 3 N–H and O–H groups in total. The van der Waals surface area contributed by atoms with Gasteiger partial charge in [-0.2, -0.15) is 15.5 Å². The van der Waals surface area contributed by atoms with Crippen molar-refractivity contribution in [3.63, 3.8) is 0 Å². The molecule has 0 aliphatic carbocycles. The van der Waals surface area contributed by atoms with E-state index >= 15 is 0 Å². The number of carbonyl (C=O) groups excluding carboxylic acids is 2. The number of fused-ring (bicyclic) bond motifs is 1. The molecular formula is C31H33N7O5. The predicted molar refractivity (Wildman–Crippen MR) is 157 cm³/mol. The van der Waals surface area contributed by atoms with Gasteiger partial charge in [0.1, 0.15) is 17.4 Å². The SMILES string of the molecule is Cc1cc(C#N)cc(C)c1Oc1nc(Nc2ccc(C#N)cc2)nc2c1CN(C(=O)[C@@H](CO)NC(=O)OC(C)(C)C)CC2. The number of aromatic nitrogens is 2. The number of rotatable bonds is 7. The van der Waals surface area contributed by atoms with Gasteiger partial charge in [-0.05, 0) is 82.1 Å². The molecule has 4 rings (SSSR count). The van der Waals surface area contributed by atoms with E-state index in [-0.39, 0.29) is 24.9 Å². The summed E-state index contributed by atoms with van der Waals surface area (Å²) in [6.07, 6.45) is -0.451. The molecule has 43 heavy (non-hydrogen) atoms. The maximum absolute atomic E-state index is 13.4. The predicted octanol–water partition coefficient (Wildman–Crippen LogP) is 4.14. The van der Waals surface area contributed by atoms with Gasteiger partial charge in [0.2, 0.25) is 17.7 Å². The quantitative estimate of drug-likeness (QED) is 0.367. The van der Waals surface area contributed by atoms with Gasteiger partial charge in [0.15, 0.2) is 0 Å². The average molecular weight is 584 g/mol. The zero-order valence-corrected chi connectivity index (χ0v) is 24.7. The van der Waals surface area contributed by atoms with Crippen molar-refractivity contribution in [1.29, 1.82) is 10.5 Å². The molecule has 0 unspecified atom stereocenters. The van der Waals surface area contributed by atoms with E-state index in [0.717, 1.165) is 11.1 Å². The Morgan fingerprint density at radius 2 is 1.72 bits per heavy atom. The molecule has 0 saturated heterocycles. The number of nitrogens with zero attached hydrogens (tertiary/aromatic N) is 5. The van der Waals surface area contributed by atoms with Crippen molar-refractivity contribution in [2.45, 2.75) is 59.2 Å². The smallest absolute Gasteiger partial charge is 0.408 e. The molecule has 1 aliphatic heterocycles. The maximum Gasteiger partial charge on any atom is 0.408 e. The Kier molecular flexibility index (Phi) is 9.12. The van der Waals surface area contributed by atoms with E-state index in [0.29, 0.717) is 40.2 Å². The summed E-state index contributed by atoms with van der Waals surface area (Å²) >= 11 is 0. The summed E-state index contributed by atoms with van der Waals surface area (Å²) in [7, 11) is 0. The molecule has 222 valence electrons. The van der Waals surface area contributed by atoms with Crippen molar-refractivity contribution in [2.24, 2.45) is 0 Å². The first-order valence-electron chi connectivity index (χ1n) is 13.7. The van der Waals surface area contributed by atoms with E-state index in [1.54, 1.807) is 57.2 Å². The summed E-state index contributed by atoms with van der Waals surface area (Å²) in [5.41, 5.74) is 3.61. The van der Waals surface area contributed by atoms with Crippen LogP contribution in [0.1, 0.15) is 54.3 Å². The number of hydrogen-bond acceptors (Lipinski definition) is 10. The number of benzene rings is 2. The van der Waals surface area contributed by atoms with Gasteiger partial charge >= 0.3 is 6.09 Å². The van der Waals surface area contributed by atoms with Crippen LogP contribution < -0.4 is 15.4 Å². The second kappa shape index (κ2) is 12.8. The largest absolute Gasteiger partial charge is 0.444 e. The molecule has 2 aromatic carbocycles. The average Bonchev–Trinajstić information content (AvgIpc) is 2.96. The third kappa shape index (κ3) is 7.56. The number of ether oxygens (including phenoxy) is 2. The van der Waals surface area contributed by atoms with Gasteiger partial charge in [-0.25, -0.2) is 9.78 Å². The second-order valence-corrected chi connectivity index (χ2v) is 11.1. The highest BCUT2D eigenvalue weighted by Gasteiger charge is 2.32. The minimum absolute atomic E-state index is 0.0710. The molecule has 0 bridgehead atoms. The first-order chi connectivity index (χ1) is 20.4. The van der Waals surface area contributed by atoms with E-state index in [9.17, 15) is 20.0 Å². The van der Waals surface area contributed by atoms with Crippen LogP contribution in [0.2, 0.25) is 0 Å². The molecule has 0 fully saturated rings. The van der Waals surface area contributed by atoms with E-state index in [1.165, 1.54) is 4.90 Å². The Morgan fingerprint density at radius 3 is 2.30 bits per heavy atom. The topological polar surface area (TPSA) is 173 Å². The lowest BCUT2D eigenvalue weighted by molar-refractivity contribution is -0.135. The third-order valence-corrected chi connectivity index (χ3v) is 6.56. The van der Waals surface area contributed by atoms with Crippen LogP contribution in [-0.4, -0.2) is 56.8 Å². The van der Waals surface area contributed by atoms with E-state index in [4.69, 9.17) is 14.7 Å². The number of carbonyl (C=O) groups is 2. The van der Waals surface area contributed by atoms with Crippen LogP contribution >= 0.6 is 0 Å². The highest BCUT2D eigenvalue weighted by atomic mass is 16.6. The third-order valence-electron chi connectivity index (χ3n) is 6.56. The van der Waals surface area contributed by atoms with Gasteiger partial charge in [-0.1, -0.05) is 0 Å². The molecule has 0 radical (unpaired) electrons. The monoisotopic (exact) mass is 583 g/mol. The summed E-state index contributed by atoms with van der Waals surface area (Å²) in [5.74, 6) is 0.514. The Bertz CT molecular complexity index is 1590. The first kappa shape index (κ1) is 30.8. The highest BCUT2D eigenvalue weighted by molar-refractivity contribution is 5.86. The maximum atomic E-state index is 13.4. The number of nitriles is 2. The summed E-state index contributed by atoms with van der Waals surface area (Å²) in [6, 6.07) is 13.3. The minimum Gasteiger partial charge on any atom is -0.444 e. The van der Waals surface area contributed by atoms with Gasteiger partial charge in [-0.3, -0.25) is 4.79 Å². The highest BCUT2D eigenvalue weighted by Crippen LogP contribution is 2.35. The summed E-state index contributed by atoms with van der Waals surface area (Å²) in [6.45, 7) is 8.50. The molecule has 1 aliphatic rings. The van der Waals surface area contributed by atoms with Crippen LogP contribution in [-0.2, 0) is 22.5 Å². The van der Waals surface area contributed by atoms with E-state index < -0.39 is 30.3 Å². The Balaban J connectivity index is 1.67. The molecular weight excluding hydrogens is 550 g/mol. The Morgan fingerprint density at radius 1 is 1.07 bits per heavy atom. The molecule has 2 heterocycles. The normalized spacial score (nSPS) is 13.2. The molecule has 0 spiro atoms. The van der Waals surface area contributed by atoms with Crippen molar-refractivity contribution in [3.8, 4) is 23.8 Å². The Hall–Kier alpha value is -5.20. The molecule has 3 aromatic rings. The number of aliphatic hydroxyl groups is 1. The fraction of sp³-hybridized carbons (Fsp3) is 0.355. The van der Waals surface area contributed by atoms with Crippen LogP contribution in [0.25, 0.3) is 0 Å². The van der Waals surface area contributed by atoms with Crippen molar-refractivity contribution < 1.29 is 24.2 Å². The number of anilines is 2. The molecule has 0 saturated carbocycles. The fourth-order valence-electron chi connectivity index (χ4n) is 4.60. The number of alkyl carbamates (subject to hydrolysis) is 1. The molecule has 12 heteroatoms. The number of aliphatic hydroxyl groups excluding tert-OH is 1. The number of aryl methyl sites for hydroxylation is 2. The molecule has 2 amide bonds. The van der Waals surface area contributed by atoms with E-state index in [2.05, 4.69) is 32.7 Å². The van der Waals surface area contributed by atoms with Crippen LogP contribution in [0.3, 0.4) is 0 Å². The minimum atomic E-state index is -1.21. The fourth-order valence-corrected chi connectivity index (χ4v) is 4.60. The lowest BCUT2D eigenvalue weighted by Crippen LogP contribution is -2.52. The zero-order chi connectivity index (χ0) is 31.3. The van der Waals surface area contributed by atoms with Crippen LogP contribution in [0, 0.1) is 36.5 Å². The molecule has 1 aromatic heterocycles. The van der Waals surface area contributed by atoms with Crippen LogP contribution in [0.5, 0.6) is 11.6 Å². The standard InChI is InChI=1S/C31H33N7O5/c1-18-12-21(15-33)13-19(2)26(18)42-27-23-16-38(28(40)25(17-39)36-30(41)43-31(3,4)5)11-10-24(23)35-29(37-27)34-22-8-6-20(14-32)7-9-22/h6-9,12-13,25,39H,10-11,16-17H2,1-5H3,(H,36,41)(H,34,35,37)/t25-/m1/s1. The number of hydrogen-bond donors (Lipinski definition) is 3. The lowest BCUT2D eigenvalue weighted by Gasteiger charge is -2.32. The van der Waals surface area contributed by atoms with Crippen molar-refractivity contribution in [3.05, 3.63) is 69.9 Å². The lowest BCUT2D eigenvalue weighted by atomic mass is 10.0. The Labute approximate surface area is 249 Å². The molecule has 1 atom stereocenters. The van der Waals surface area contributed by atoms with Crippen molar-refractivity contribution in [2.75, 3.05) is 18.5 Å². The van der Waals surface area contributed by atoms with Gasteiger partial charge in [0.25, 0.3) is 0 Å². The summed E-state index contributed by atoms with van der Waals surface area (Å²) in [5, 5.41) is 34.0. The molecule has 12 nitrogen and oxygen atoms in total. The van der Waals surface area contributed by atoms with E-state index in [1.807, 2.05) is 13.8 Å². The number of nitrogens with one attached hydrogen (secondary N) is 2. The second-order valence-electron chi connectivity index (χ2n) is 11.1. The van der Waals surface area contributed by atoms with Gasteiger partial charge in [0, 0.05) is 18.7 Å². The first-order valence-corrected chi connectivity index (χ1v) is 13.7. The number of amides is 2.